The van der Waals surface area contributed by atoms with Crippen LogP contribution in [0.4, 0.5) is 23.5 Å². The van der Waals surface area contributed by atoms with E-state index in [0.29, 0.717) is 11.4 Å². The number of carboxylic acids is 1. The van der Waals surface area contributed by atoms with Gasteiger partial charge in [-0.05, 0) is 35.4 Å². The fourth-order valence-electron chi connectivity index (χ4n) is 4.30. The van der Waals surface area contributed by atoms with E-state index >= 15 is 0 Å². The Labute approximate surface area is 235 Å². The van der Waals surface area contributed by atoms with Crippen molar-refractivity contribution in [2.45, 2.75) is 25.6 Å². The van der Waals surface area contributed by atoms with E-state index in [9.17, 15) is 9.90 Å². The van der Waals surface area contributed by atoms with Crippen LogP contribution >= 0.6 is 0 Å². The van der Waals surface area contributed by atoms with Crippen LogP contribution in [0.25, 0.3) is 0 Å². The topological polar surface area (TPSA) is 206 Å². The highest BCUT2D eigenvalue weighted by Gasteiger charge is 2.20. The van der Waals surface area contributed by atoms with Crippen LogP contribution in [0, 0.1) is 11.3 Å². The van der Waals surface area contributed by atoms with Gasteiger partial charge in [0.1, 0.15) is 6.04 Å². The van der Waals surface area contributed by atoms with E-state index in [1.807, 2.05) is 18.2 Å². The summed E-state index contributed by atoms with van der Waals surface area (Å²) in [6.07, 6.45) is 0.148. The largest absolute Gasteiger partial charge is 0.480 e. The van der Waals surface area contributed by atoms with Crippen molar-refractivity contribution in [2.75, 3.05) is 42.1 Å². The zero-order valence-electron chi connectivity index (χ0n) is 22.1. The summed E-state index contributed by atoms with van der Waals surface area (Å²) in [6.45, 7) is 4.94. The average Bonchev–Trinajstić information content (AvgIpc) is 3.51. The van der Waals surface area contributed by atoms with E-state index in [-0.39, 0.29) is 30.8 Å². The molecule has 15 heteroatoms. The molecule has 3 heterocycles. The molecular weight excluding hydrogens is 526 g/mol. The quantitative estimate of drug-likeness (QED) is 0.145. The number of carbonyl (C=O) groups is 1. The molecule has 1 aliphatic rings. The van der Waals surface area contributed by atoms with Gasteiger partial charge in [-0.15, -0.1) is 10.2 Å². The van der Waals surface area contributed by atoms with Crippen molar-refractivity contribution in [3.63, 3.8) is 0 Å². The number of carboxylic acid groups (broad SMARTS) is 1. The third-order valence-corrected chi connectivity index (χ3v) is 6.35. The number of piperazine rings is 1. The highest BCUT2D eigenvalue weighted by molar-refractivity contribution is 5.77. The molecule has 6 N–H and O–H groups in total. The van der Waals surface area contributed by atoms with Gasteiger partial charge in [-0.1, -0.05) is 29.5 Å². The molecule has 2 aromatic carbocycles. The lowest BCUT2D eigenvalue weighted by Crippen LogP contribution is -2.42. The molecule has 210 valence electrons. The number of hydrogen-bond acceptors (Lipinski definition) is 13. The Morgan fingerprint density at radius 3 is 2.56 bits per heavy atom. The third kappa shape index (κ3) is 7.91. The minimum Gasteiger partial charge on any atom is -0.480 e. The van der Waals surface area contributed by atoms with Gasteiger partial charge in [-0.3, -0.25) is 4.90 Å². The van der Waals surface area contributed by atoms with E-state index in [1.54, 1.807) is 24.3 Å². The average molecular weight is 556 g/mol. The van der Waals surface area contributed by atoms with E-state index in [2.05, 4.69) is 73.9 Å². The standard InChI is InChI=1S/C26H29N13O2/c27-14-18-6-4-17(5-7-18)13-21(23(40)41)31-26-33-24(29-15-22-35-37-38-36-22)32-25(34-26)30-20-3-1-2-19(12-20)16-39-10-8-28-9-11-39/h1-7,12,21,28H,8-11,13,15-16H2,(H,40,41)(H,35,36,37,38)(H3,29,30,31,32,33,34)/t21-/m0/s1. The van der Waals surface area contributed by atoms with Crippen molar-refractivity contribution in [3.8, 4) is 6.07 Å². The van der Waals surface area contributed by atoms with Gasteiger partial charge in [0.25, 0.3) is 0 Å². The maximum absolute atomic E-state index is 12.1. The molecule has 41 heavy (non-hydrogen) atoms. The third-order valence-electron chi connectivity index (χ3n) is 6.35. The molecule has 0 aliphatic carbocycles. The van der Waals surface area contributed by atoms with Crippen LogP contribution in [0.3, 0.4) is 0 Å². The molecule has 0 radical (unpaired) electrons. The number of nitrogens with zero attached hydrogens (tertiary/aromatic N) is 8. The minimum atomic E-state index is -1.08. The molecule has 0 bridgehead atoms. The van der Waals surface area contributed by atoms with Crippen LogP contribution in [0.1, 0.15) is 22.5 Å². The molecule has 2 aromatic heterocycles. The van der Waals surface area contributed by atoms with Crippen LogP contribution in [0.2, 0.25) is 0 Å². The number of nitrogens with one attached hydrogen (secondary N) is 5. The number of nitriles is 1. The fraction of sp³-hybridized carbons (Fsp3) is 0.308. The molecule has 0 spiro atoms. The predicted molar refractivity (Wildman–Crippen MR) is 149 cm³/mol. The maximum atomic E-state index is 12.1. The van der Waals surface area contributed by atoms with Crippen molar-refractivity contribution in [1.29, 1.82) is 5.26 Å². The number of hydrogen-bond donors (Lipinski definition) is 6. The lowest BCUT2D eigenvalue weighted by Gasteiger charge is -2.27. The second kappa shape index (κ2) is 13.2. The Morgan fingerprint density at radius 2 is 1.83 bits per heavy atom. The second-order valence-corrected chi connectivity index (χ2v) is 9.39. The smallest absolute Gasteiger partial charge is 0.326 e. The number of H-pyrrole nitrogens is 1. The maximum Gasteiger partial charge on any atom is 0.326 e. The first-order valence-corrected chi connectivity index (χ1v) is 13.0. The number of rotatable bonds is 12. The van der Waals surface area contributed by atoms with Crippen LogP contribution in [-0.2, 0) is 24.3 Å². The van der Waals surface area contributed by atoms with Crippen molar-refractivity contribution >= 4 is 29.5 Å². The van der Waals surface area contributed by atoms with Gasteiger partial charge in [0.05, 0.1) is 18.2 Å². The fourth-order valence-corrected chi connectivity index (χ4v) is 4.30. The summed E-state index contributed by atoms with van der Waals surface area (Å²) >= 11 is 0. The van der Waals surface area contributed by atoms with Crippen LogP contribution in [-0.4, -0.2) is 83.8 Å². The second-order valence-electron chi connectivity index (χ2n) is 9.39. The Balaban J connectivity index is 1.35. The number of benzene rings is 2. The van der Waals surface area contributed by atoms with Gasteiger partial charge in [0, 0.05) is 44.8 Å². The molecule has 1 aliphatic heterocycles. The summed E-state index contributed by atoms with van der Waals surface area (Å²) in [5.41, 5.74) is 3.17. The highest BCUT2D eigenvalue weighted by atomic mass is 16.4. The van der Waals surface area contributed by atoms with Gasteiger partial charge in [-0.25, -0.2) is 4.79 Å². The van der Waals surface area contributed by atoms with Crippen molar-refractivity contribution in [2.24, 2.45) is 0 Å². The van der Waals surface area contributed by atoms with E-state index in [0.717, 1.165) is 49.5 Å². The number of tetrazole rings is 1. The zero-order valence-corrected chi connectivity index (χ0v) is 22.1. The van der Waals surface area contributed by atoms with Gasteiger partial charge in [0.2, 0.25) is 17.8 Å². The molecule has 15 nitrogen and oxygen atoms in total. The van der Waals surface area contributed by atoms with Gasteiger partial charge >= 0.3 is 5.97 Å². The number of aromatic amines is 1. The molecule has 0 amide bonds. The summed E-state index contributed by atoms with van der Waals surface area (Å²) in [5, 5.41) is 45.2. The van der Waals surface area contributed by atoms with E-state index < -0.39 is 12.0 Å². The minimum absolute atomic E-state index is 0.0659. The van der Waals surface area contributed by atoms with Crippen LogP contribution < -0.4 is 21.3 Å². The SMILES string of the molecule is N#Cc1ccc(C[C@H](Nc2nc(NCc3nn[nH]n3)nc(Nc3cccc(CN4CCNCC4)c3)n2)C(=O)O)cc1. The summed E-state index contributed by atoms with van der Waals surface area (Å²) in [7, 11) is 0. The first-order valence-electron chi connectivity index (χ1n) is 13.0. The molecular formula is C26H29N13O2. The lowest BCUT2D eigenvalue weighted by atomic mass is 10.0. The van der Waals surface area contributed by atoms with Gasteiger partial charge in [-0.2, -0.15) is 25.4 Å². The Hall–Kier alpha value is -5.20. The summed E-state index contributed by atoms with van der Waals surface area (Å²) in [6, 6.07) is 15.8. The van der Waals surface area contributed by atoms with Gasteiger partial charge in [0.15, 0.2) is 5.82 Å². The molecule has 0 saturated carbocycles. The van der Waals surface area contributed by atoms with E-state index in [1.165, 1.54) is 0 Å². The zero-order chi connectivity index (χ0) is 28.4. The normalized spacial score (nSPS) is 14.1. The van der Waals surface area contributed by atoms with Crippen molar-refractivity contribution in [3.05, 3.63) is 71.0 Å². The summed E-state index contributed by atoms with van der Waals surface area (Å²) in [5.74, 6) is -0.198. The lowest BCUT2D eigenvalue weighted by molar-refractivity contribution is -0.137. The van der Waals surface area contributed by atoms with Crippen LogP contribution in [0.15, 0.2) is 48.5 Å². The Kier molecular flexibility index (Phi) is 8.84. The number of aliphatic carboxylic acids is 1. The molecule has 0 unspecified atom stereocenters. The summed E-state index contributed by atoms with van der Waals surface area (Å²) in [4.78, 5) is 27.8. The number of anilines is 4. The van der Waals surface area contributed by atoms with Gasteiger partial charge < -0.3 is 26.4 Å². The Bertz CT molecular complexity index is 1480. The van der Waals surface area contributed by atoms with E-state index in [4.69, 9.17) is 5.26 Å². The van der Waals surface area contributed by atoms with Crippen molar-refractivity contribution in [1.82, 2.24) is 45.8 Å². The molecule has 5 rings (SSSR count). The Morgan fingerprint density at radius 1 is 1.05 bits per heavy atom. The first kappa shape index (κ1) is 27.4. The predicted octanol–water partition coefficient (Wildman–Crippen LogP) is 1.13. The molecule has 1 atom stereocenters. The van der Waals surface area contributed by atoms with Crippen LogP contribution in [0.5, 0.6) is 0 Å². The summed E-state index contributed by atoms with van der Waals surface area (Å²) < 4.78 is 0. The molecule has 4 aromatic rings. The number of aromatic nitrogens is 7. The molecule has 1 saturated heterocycles. The van der Waals surface area contributed by atoms with Crippen molar-refractivity contribution < 1.29 is 9.90 Å². The monoisotopic (exact) mass is 555 g/mol. The first-order chi connectivity index (χ1) is 20.0. The molecule has 1 fully saturated rings. The highest BCUT2D eigenvalue weighted by Crippen LogP contribution is 2.19.